The van der Waals surface area contributed by atoms with Gasteiger partial charge in [0.25, 0.3) is 0 Å². The summed E-state index contributed by atoms with van der Waals surface area (Å²) in [6.45, 7) is 3.86. The van der Waals surface area contributed by atoms with Crippen LogP contribution in [-0.4, -0.2) is 11.3 Å². The van der Waals surface area contributed by atoms with Gasteiger partial charge in [-0.05, 0) is 25.0 Å². The molecule has 3 heteroatoms. The van der Waals surface area contributed by atoms with Crippen molar-refractivity contribution >= 4 is 17.9 Å². The number of aryl methyl sites for hydroxylation is 2. The molecule has 2 nitrogen and oxygen atoms in total. The van der Waals surface area contributed by atoms with Gasteiger partial charge in [-0.3, -0.25) is 4.79 Å². The highest BCUT2D eigenvalue weighted by molar-refractivity contribution is 6.31. The van der Waals surface area contributed by atoms with Crippen LogP contribution >= 0.6 is 11.6 Å². The molecule has 1 aromatic heterocycles. The second-order valence-electron chi connectivity index (χ2n) is 2.61. The largest absolute Gasteiger partial charge is 0.298 e. The fourth-order valence-electron chi connectivity index (χ4n) is 1.03. The standard InChI is InChI=1S/C9H10ClNO/c1-3-7-4-6(2)8(5-12)9(10)11-7/h4-5H,3H2,1-2H3. The van der Waals surface area contributed by atoms with Gasteiger partial charge in [-0.25, -0.2) is 4.98 Å². The smallest absolute Gasteiger partial charge is 0.153 e. The molecule has 12 heavy (non-hydrogen) atoms. The van der Waals surface area contributed by atoms with E-state index in [1.165, 1.54) is 0 Å². The van der Waals surface area contributed by atoms with Gasteiger partial charge < -0.3 is 0 Å². The van der Waals surface area contributed by atoms with E-state index in [1.807, 2.05) is 19.9 Å². The molecule has 0 N–H and O–H groups in total. The van der Waals surface area contributed by atoms with Crippen LogP contribution < -0.4 is 0 Å². The second-order valence-corrected chi connectivity index (χ2v) is 2.96. The second kappa shape index (κ2) is 3.68. The molecule has 0 unspecified atom stereocenters. The van der Waals surface area contributed by atoms with Crippen LogP contribution in [0.15, 0.2) is 6.07 Å². The Morgan fingerprint density at radius 2 is 2.33 bits per heavy atom. The first-order valence-corrected chi connectivity index (χ1v) is 4.18. The number of aldehydes is 1. The number of nitrogens with zero attached hydrogens (tertiary/aromatic N) is 1. The van der Waals surface area contributed by atoms with E-state index in [0.717, 1.165) is 24.0 Å². The van der Waals surface area contributed by atoms with Gasteiger partial charge in [-0.2, -0.15) is 0 Å². The summed E-state index contributed by atoms with van der Waals surface area (Å²) in [6, 6.07) is 1.88. The molecule has 1 heterocycles. The van der Waals surface area contributed by atoms with Gasteiger partial charge in [0.2, 0.25) is 0 Å². The molecule has 0 aliphatic carbocycles. The number of pyridine rings is 1. The molecule has 0 fully saturated rings. The maximum Gasteiger partial charge on any atom is 0.153 e. The summed E-state index contributed by atoms with van der Waals surface area (Å²) in [5.41, 5.74) is 2.30. The Kier molecular flexibility index (Phi) is 2.82. The van der Waals surface area contributed by atoms with Crippen molar-refractivity contribution in [1.29, 1.82) is 0 Å². The van der Waals surface area contributed by atoms with Crippen molar-refractivity contribution in [1.82, 2.24) is 4.98 Å². The minimum atomic E-state index is 0.307. The third-order valence-corrected chi connectivity index (χ3v) is 2.04. The normalized spacial score (nSPS) is 9.92. The first-order valence-electron chi connectivity index (χ1n) is 3.80. The fourth-order valence-corrected chi connectivity index (χ4v) is 1.33. The Bertz CT molecular complexity index is 286. The Morgan fingerprint density at radius 3 is 2.75 bits per heavy atom. The molecule has 0 bridgehead atoms. The van der Waals surface area contributed by atoms with Crippen molar-refractivity contribution in [2.24, 2.45) is 0 Å². The van der Waals surface area contributed by atoms with E-state index >= 15 is 0 Å². The maximum absolute atomic E-state index is 10.5. The van der Waals surface area contributed by atoms with Crippen LogP contribution in [0.1, 0.15) is 28.5 Å². The van der Waals surface area contributed by atoms with Crippen molar-refractivity contribution in [2.75, 3.05) is 0 Å². The van der Waals surface area contributed by atoms with E-state index in [9.17, 15) is 4.79 Å². The highest BCUT2D eigenvalue weighted by atomic mass is 35.5. The van der Waals surface area contributed by atoms with Gasteiger partial charge in [0.05, 0.1) is 5.56 Å². The molecular formula is C9H10ClNO. The molecule has 1 aromatic rings. The van der Waals surface area contributed by atoms with E-state index < -0.39 is 0 Å². The van der Waals surface area contributed by atoms with Gasteiger partial charge in [0.1, 0.15) is 5.15 Å². The van der Waals surface area contributed by atoms with Crippen molar-refractivity contribution in [3.05, 3.63) is 28.0 Å². The first-order chi connectivity index (χ1) is 5.69. The molecule has 0 saturated heterocycles. The van der Waals surface area contributed by atoms with Crippen LogP contribution in [0.4, 0.5) is 0 Å². The number of aromatic nitrogens is 1. The molecule has 0 saturated carbocycles. The van der Waals surface area contributed by atoms with Crippen molar-refractivity contribution in [3.8, 4) is 0 Å². The molecule has 0 aliphatic heterocycles. The van der Waals surface area contributed by atoms with Crippen molar-refractivity contribution in [2.45, 2.75) is 20.3 Å². The Hall–Kier alpha value is -0.890. The predicted octanol–water partition coefficient (Wildman–Crippen LogP) is 2.42. The van der Waals surface area contributed by atoms with E-state index in [4.69, 9.17) is 11.6 Å². The maximum atomic E-state index is 10.5. The number of carbonyl (C=O) groups is 1. The number of carbonyl (C=O) groups excluding carboxylic acids is 1. The summed E-state index contributed by atoms with van der Waals surface area (Å²) < 4.78 is 0. The average Bonchev–Trinajstić information content (AvgIpc) is 2.03. The molecule has 0 radical (unpaired) electrons. The van der Waals surface area contributed by atoms with Crippen molar-refractivity contribution < 1.29 is 4.79 Å². The lowest BCUT2D eigenvalue weighted by molar-refractivity contribution is 0.112. The third-order valence-electron chi connectivity index (χ3n) is 1.75. The molecule has 64 valence electrons. The van der Waals surface area contributed by atoms with Gasteiger partial charge in [0.15, 0.2) is 6.29 Å². The Labute approximate surface area is 76.6 Å². The highest BCUT2D eigenvalue weighted by Gasteiger charge is 2.05. The molecule has 0 aromatic carbocycles. The third kappa shape index (κ3) is 1.64. The van der Waals surface area contributed by atoms with Crippen molar-refractivity contribution in [3.63, 3.8) is 0 Å². The van der Waals surface area contributed by atoms with Crippen LogP contribution in [0.25, 0.3) is 0 Å². The Balaban J connectivity index is 3.27. The van der Waals surface area contributed by atoms with Crippen LogP contribution in [0.5, 0.6) is 0 Å². The molecule has 0 aliphatic rings. The van der Waals surface area contributed by atoms with Gasteiger partial charge in [0, 0.05) is 5.69 Å². The number of hydrogen-bond acceptors (Lipinski definition) is 2. The minimum absolute atomic E-state index is 0.307. The SMILES string of the molecule is CCc1cc(C)c(C=O)c(Cl)n1. The quantitative estimate of drug-likeness (QED) is 0.521. The van der Waals surface area contributed by atoms with Gasteiger partial charge in [-0.15, -0.1) is 0 Å². The zero-order valence-corrected chi connectivity index (χ0v) is 7.85. The number of halogens is 1. The molecule has 0 amide bonds. The summed E-state index contributed by atoms with van der Waals surface area (Å²) in [5, 5.41) is 0.307. The zero-order chi connectivity index (χ0) is 9.14. The summed E-state index contributed by atoms with van der Waals surface area (Å²) in [7, 11) is 0. The lowest BCUT2D eigenvalue weighted by atomic mass is 10.1. The first kappa shape index (κ1) is 9.20. The van der Waals surface area contributed by atoms with E-state index in [2.05, 4.69) is 4.98 Å². The van der Waals surface area contributed by atoms with Crippen LogP contribution in [0.2, 0.25) is 5.15 Å². The summed E-state index contributed by atoms with van der Waals surface area (Å²) in [4.78, 5) is 14.6. The lowest BCUT2D eigenvalue weighted by Gasteiger charge is -2.03. The van der Waals surface area contributed by atoms with E-state index in [-0.39, 0.29) is 0 Å². The summed E-state index contributed by atoms with van der Waals surface area (Å²) in [5.74, 6) is 0. The lowest BCUT2D eigenvalue weighted by Crippen LogP contribution is -1.95. The highest BCUT2D eigenvalue weighted by Crippen LogP contribution is 2.16. The molecular weight excluding hydrogens is 174 g/mol. The fraction of sp³-hybridized carbons (Fsp3) is 0.333. The van der Waals surface area contributed by atoms with E-state index in [1.54, 1.807) is 0 Å². The minimum Gasteiger partial charge on any atom is -0.298 e. The van der Waals surface area contributed by atoms with Crippen LogP contribution in [0.3, 0.4) is 0 Å². The Morgan fingerprint density at radius 1 is 1.67 bits per heavy atom. The topological polar surface area (TPSA) is 30.0 Å². The van der Waals surface area contributed by atoms with Crippen LogP contribution in [0, 0.1) is 6.92 Å². The van der Waals surface area contributed by atoms with Crippen LogP contribution in [-0.2, 0) is 6.42 Å². The number of rotatable bonds is 2. The van der Waals surface area contributed by atoms with Gasteiger partial charge in [-0.1, -0.05) is 18.5 Å². The van der Waals surface area contributed by atoms with Gasteiger partial charge >= 0.3 is 0 Å². The summed E-state index contributed by atoms with van der Waals surface area (Å²) in [6.07, 6.45) is 1.57. The molecule has 0 spiro atoms. The summed E-state index contributed by atoms with van der Waals surface area (Å²) >= 11 is 5.77. The zero-order valence-electron chi connectivity index (χ0n) is 7.10. The van der Waals surface area contributed by atoms with E-state index in [0.29, 0.717) is 10.7 Å². The average molecular weight is 184 g/mol. The monoisotopic (exact) mass is 183 g/mol. The predicted molar refractivity (Wildman–Crippen MR) is 48.7 cm³/mol. The number of hydrogen-bond donors (Lipinski definition) is 0. The molecule has 1 rings (SSSR count). The molecule has 0 atom stereocenters.